The van der Waals surface area contributed by atoms with Gasteiger partial charge in [-0.05, 0) is 84.8 Å². The monoisotopic (exact) mass is 866 g/mol. The number of pyridine rings is 1. The summed E-state index contributed by atoms with van der Waals surface area (Å²) in [5.41, 5.74) is 4.36. The van der Waals surface area contributed by atoms with E-state index in [9.17, 15) is 29.1 Å². The van der Waals surface area contributed by atoms with Crippen LogP contribution in [0.3, 0.4) is 0 Å². The van der Waals surface area contributed by atoms with E-state index < -0.39 is 95.7 Å². The van der Waals surface area contributed by atoms with E-state index in [0.717, 1.165) is 5.56 Å². The first-order chi connectivity index (χ1) is 29.3. The molecule has 3 heterocycles. The summed E-state index contributed by atoms with van der Waals surface area (Å²) in [6, 6.07) is 10.3. The van der Waals surface area contributed by atoms with Crippen molar-refractivity contribution in [3.05, 3.63) is 72.1 Å². The number of hydrogen-bond acceptors (Lipinski definition) is 15. The number of amides is 1. The lowest BCUT2D eigenvalue weighted by Crippen LogP contribution is -2.63. The third-order valence-electron chi connectivity index (χ3n) is 12.4. The molecule has 14 atom stereocenters. The molecule has 1 aromatic heterocycles. The van der Waals surface area contributed by atoms with Crippen LogP contribution in [0, 0.1) is 23.7 Å². The first kappa shape index (κ1) is 49.9. The number of nitrogens with two attached hydrogens (primary N) is 1. The Kier molecular flexibility index (Phi) is 17.8. The average molecular weight is 867 g/mol. The first-order valence-electron chi connectivity index (χ1n) is 21.3. The normalized spacial score (nSPS) is 35.0. The topological polar surface area (TPSA) is 215 Å². The summed E-state index contributed by atoms with van der Waals surface area (Å²) in [4.78, 5) is 74.8. The Bertz CT molecular complexity index is 1830. The van der Waals surface area contributed by atoms with Gasteiger partial charge in [0.1, 0.15) is 35.8 Å². The van der Waals surface area contributed by atoms with Crippen molar-refractivity contribution in [2.75, 3.05) is 20.6 Å². The number of hydrogen-bond donors (Lipinski definition) is 3. The summed E-state index contributed by atoms with van der Waals surface area (Å²) in [5, 5.41) is 14.5. The molecular weight excluding hydrogens is 801 g/mol. The summed E-state index contributed by atoms with van der Waals surface area (Å²) < 4.78 is 37.4. The van der Waals surface area contributed by atoms with Crippen LogP contribution >= 0.6 is 0 Å². The number of aliphatic hydroxyl groups is 1. The van der Waals surface area contributed by atoms with Gasteiger partial charge in [-0.1, -0.05) is 64.1 Å². The van der Waals surface area contributed by atoms with Crippen LogP contribution in [0.5, 0.6) is 0 Å². The molecule has 0 aliphatic carbocycles. The Morgan fingerprint density at radius 3 is 2.35 bits per heavy atom. The highest BCUT2D eigenvalue weighted by atomic mass is 16.7. The number of aliphatic hydroxyl groups excluding tert-OH is 1. The van der Waals surface area contributed by atoms with Gasteiger partial charge in [0.25, 0.3) is 6.47 Å². The molecule has 1 amide bonds. The maximum atomic E-state index is 14.5. The third kappa shape index (κ3) is 12.0. The van der Waals surface area contributed by atoms with Gasteiger partial charge in [0, 0.05) is 42.7 Å². The molecule has 16 nitrogen and oxygen atoms in total. The van der Waals surface area contributed by atoms with Gasteiger partial charge in [0.2, 0.25) is 0 Å². The van der Waals surface area contributed by atoms with E-state index in [1.165, 1.54) is 13.8 Å². The number of ketones is 1. The van der Waals surface area contributed by atoms with Crippen molar-refractivity contribution in [1.29, 1.82) is 0 Å². The van der Waals surface area contributed by atoms with Gasteiger partial charge in [-0.25, -0.2) is 9.59 Å². The van der Waals surface area contributed by atoms with Gasteiger partial charge in [-0.15, -0.1) is 0 Å². The summed E-state index contributed by atoms with van der Waals surface area (Å²) in [7, 11) is 3.65. The number of cyclic esters (lactones) is 1. The molecule has 2 aromatic rings. The van der Waals surface area contributed by atoms with E-state index in [1.807, 2.05) is 32.0 Å². The van der Waals surface area contributed by atoms with Crippen molar-refractivity contribution < 1.29 is 57.5 Å². The van der Waals surface area contributed by atoms with E-state index in [1.54, 1.807) is 95.6 Å². The standard InChI is InChI=1S/C46H66N4O12/c1-11-35-46(8,57-26-51)39(47)29(4)36(52)27(2)24-45(7,62-44(56)49-22-16-18-32-17-15-21-48-25-32)40(61-43-37(53)34(50(9)10)23-28(3)58-43)30(5)38(31(6)41(54)59-35)60-42(55)33-19-13-12-14-20-33/h12-21,25-31,34-35,37-40,43,53H,11,22-24,47H2,1-10H3,(H,49,56)/b18-16+/t27-,28-,29+,30+,31-,34+,35-,37-,38+,39-,40-,43+,45-,46-/m1/s1. The molecule has 0 saturated carbocycles. The number of carbonyl (C=O) groups is 5. The van der Waals surface area contributed by atoms with Crippen molar-refractivity contribution in [2.45, 2.75) is 135 Å². The molecule has 2 aliphatic heterocycles. The Balaban J connectivity index is 1.91. The van der Waals surface area contributed by atoms with Gasteiger partial charge in [0.05, 0.1) is 23.6 Å². The lowest BCUT2D eigenvalue weighted by atomic mass is 9.73. The molecule has 62 heavy (non-hydrogen) atoms. The maximum Gasteiger partial charge on any atom is 0.408 e. The number of esters is 2. The van der Waals surface area contributed by atoms with Crippen molar-refractivity contribution in [3.63, 3.8) is 0 Å². The van der Waals surface area contributed by atoms with Crippen LogP contribution in [0.2, 0.25) is 0 Å². The SMILES string of the molecule is CC[C@H]1OC(=O)[C@H](C)[C@@H](OC(=O)c2ccccc2)[C@H](C)[C@@H](O[C@@H]2O[C@H](C)C[C@H](N(C)C)[C@H]2O)[C@](C)(OC(=O)NC/C=C/c2cccnc2)C[C@@H](C)C(=O)[C@H](C)[C@@H](N)[C@]1(C)OC=O. The molecule has 2 saturated heterocycles. The molecule has 0 radical (unpaired) electrons. The highest BCUT2D eigenvalue weighted by Gasteiger charge is 2.54. The second-order valence-electron chi connectivity index (χ2n) is 17.3. The molecule has 1 aromatic carbocycles. The van der Waals surface area contributed by atoms with E-state index in [-0.39, 0.29) is 43.3 Å². The molecule has 2 fully saturated rings. The molecular formula is C46H66N4O12. The fourth-order valence-electron chi connectivity index (χ4n) is 8.79. The second-order valence-corrected chi connectivity index (χ2v) is 17.3. The summed E-state index contributed by atoms with van der Waals surface area (Å²) in [6.45, 7) is 13.4. The zero-order chi connectivity index (χ0) is 45.9. The molecule has 4 rings (SSSR count). The number of ether oxygens (including phenoxy) is 6. The zero-order valence-corrected chi connectivity index (χ0v) is 37.6. The number of nitrogens with zero attached hydrogens (tertiary/aromatic N) is 2. The van der Waals surface area contributed by atoms with Crippen LogP contribution in [0.15, 0.2) is 60.9 Å². The number of Topliss-reactive ketones (excluding diaryl/α,β-unsaturated/α-hetero) is 1. The van der Waals surface area contributed by atoms with E-state index in [0.29, 0.717) is 6.42 Å². The van der Waals surface area contributed by atoms with Crippen LogP contribution < -0.4 is 11.1 Å². The molecule has 0 unspecified atom stereocenters. The van der Waals surface area contributed by atoms with Crippen molar-refractivity contribution in [2.24, 2.45) is 29.4 Å². The van der Waals surface area contributed by atoms with E-state index in [4.69, 9.17) is 34.2 Å². The average Bonchev–Trinajstić information content (AvgIpc) is 3.24. The van der Waals surface area contributed by atoms with Crippen LogP contribution in [0.1, 0.15) is 90.6 Å². The Labute approximate surface area is 365 Å². The number of carbonyl (C=O) groups excluding carboxylic acids is 5. The largest absolute Gasteiger partial charge is 0.458 e. The molecule has 16 heteroatoms. The van der Waals surface area contributed by atoms with Crippen LogP contribution in [-0.2, 0) is 42.8 Å². The molecule has 2 aliphatic rings. The minimum absolute atomic E-state index is 0.0475. The smallest absolute Gasteiger partial charge is 0.408 e. The van der Waals surface area contributed by atoms with Crippen LogP contribution in [0.25, 0.3) is 6.08 Å². The van der Waals surface area contributed by atoms with Crippen molar-refractivity contribution in [1.82, 2.24) is 15.2 Å². The molecule has 0 spiro atoms. The predicted octanol–water partition coefficient (Wildman–Crippen LogP) is 4.71. The molecule has 342 valence electrons. The highest BCUT2D eigenvalue weighted by Crippen LogP contribution is 2.41. The number of nitrogens with one attached hydrogen (secondary N) is 1. The Morgan fingerprint density at radius 2 is 1.74 bits per heavy atom. The van der Waals surface area contributed by atoms with E-state index >= 15 is 0 Å². The predicted molar refractivity (Wildman–Crippen MR) is 229 cm³/mol. The quantitative estimate of drug-likeness (QED) is 0.150. The fraction of sp³-hybridized carbons (Fsp3) is 0.609. The first-order valence-corrected chi connectivity index (χ1v) is 21.3. The van der Waals surface area contributed by atoms with Crippen molar-refractivity contribution >= 4 is 36.4 Å². The lowest BCUT2D eigenvalue weighted by Gasteiger charge is -2.48. The number of aromatic nitrogens is 1. The van der Waals surface area contributed by atoms with E-state index in [2.05, 4.69) is 10.3 Å². The van der Waals surface area contributed by atoms with Gasteiger partial charge in [-0.3, -0.25) is 19.4 Å². The van der Waals surface area contributed by atoms with Gasteiger partial charge >= 0.3 is 18.0 Å². The van der Waals surface area contributed by atoms with Gasteiger partial charge in [0.15, 0.2) is 11.9 Å². The number of likely N-dealkylation sites (N-methyl/N-ethyl adjacent to an activating group) is 1. The number of alkyl carbamates (subject to hydrolysis) is 1. The lowest BCUT2D eigenvalue weighted by molar-refractivity contribution is -0.298. The summed E-state index contributed by atoms with van der Waals surface area (Å²) >= 11 is 0. The molecule has 4 N–H and O–H groups in total. The second kappa shape index (κ2) is 22.1. The summed E-state index contributed by atoms with van der Waals surface area (Å²) in [5.74, 6) is -6.09. The maximum absolute atomic E-state index is 14.5. The minimum atomic E-state index is -1.77. The van der Waals surface area contributed by atoms with Crippen LogP contribution in [0.4, 0.5) is 4.79 Å². The molecule has 0 bridgehead atoms. The van der Waals surface area contributed by atoms with Gasteiger partial charge < -0.3 is 49.5 Å². The number of rotatable bonds is 12. The zero-order valence-electron chi connectivity index (χ0n) is 37.6. The Hall–Kier alpha value is -4.74. The fourth-order valence-corrected chi connectivity index (χ4v) is 8.79. The number of benzene rings is 1. The van der Waals surface area contributed by atoms with Crippen molar-refractivity contribution in [3.8, 4) is 0 Å². The third-order valence-corrected chi connectivity index (χ3v) is 12.4. The highest BCUT2D eigenvalue weighted by molar-refractivity contribution is 5.89. The minimum Gasteiger partial charge on any atom is -0.458 e. The van der Waals surface area contributed by atoms with Gasteiger partial charge in [-0.2, -0.15) is 0 Å². The van der Waals surface area contributed by atoms with Crippen LogP contribution in [-0.4, -0.2) is 126 Å². The Morgan fingerprint density at radius 1 is 1.05 bits per heavy atom. The summed E-state index contributed by atoms with van der Waals surface area (Å²) in [6.07, 6.45) is -0.332.